The molecule has 3 aromatic rings. The summed E-state index contributed by atoms with van der Waals surface area (Å²) in [6, 6.07) is 10.8. The van der Waals surface area contributed by atoms with Crippen LogP contribution in [-0.2, 0) is 5.75 Å². The summed E-state index contributed by atoms with van der Waals surface area (Å²) in [5.41, 5.74) is 0.702. The highest BCUT2D eigenvalue weighted by atomic mass is 32.1. The van der Waals surface area contributed by atoms with Crippen molar-refractivity contribution in [3.8, 4) is 23.1 Å². The largest absolute Gasteiger partial charge is 0.276 e. The van der Waals surface area contributed by atoms with Crippen molar-refractivity contribution in [1.29, 1.82) is 5.26 Å². The van der Waals surface area contributed by atoms with Gasteiger partial charge in [-0.25, -0.2) is 9.37 Å². The number of aromatic nitrogens is 3. The fraction of sp³-hybridized carbons (Fsp3) is 0.0588. The topological polar surface area (TPSA) is 71.6 Å². The fourth-order valence-corrected chi connectivity index (χ4v) is 2.54. The van der Waals surface area contributed by atoms with Crippen molar-refractivity contribution in [2.24, 2.45) is 0 Å². The molecule has 0 aliphatic rings. The van der Waals surface area contributed by atoms with Gasteiger partial charge >= 0.3 is 0 Å². The van der Waals surface area contributed by atoms with Gasteiger partial charge in [-0.2, -0.15) is 17.9 Å². The Kier molecular flexibility index (Phi) is 4.40. The first-order valence-electron chi connectivity index (χ1n) is 6.99. The molecule has 0 amide bonds. The van der Waals surface area contributed by atoms with Crippen LogP contribution >= 0.6 is 12.6 Å². The summed E-state index contributed by atoms with van der Waals surface area (Å²) in [5, 5.41) is 9.30. The van der Waals surface area contributed by atoms with E-state index in [1.165, 1.54) is 28.8 Å². The predicted molar refractivity (Wildman–Crippen MR) is 90.4 cm³/mol. The zero-order valence-corrected chi connectivity index (χ0v) is 13.2. The molecule has 0 atom stereocenters. The van der Waals surface area contributed by atoms with E-state index in [1.807, 2.05) is 6.07 Å². The number of nitriles is 1. The van der Waals surface area contributed by atoms with Gasteiger partial charge in [0, 0.05) is 23.7 Å². The van der Waals surface area contributed by atoms with E-state index in [0.29, 0.717) is 22.8 Å². The second-order valence-corrected chi connectivity index (χ2v) is 5.20. The van der Waals surface area contributed by atoms with Gasteiger partial charge in [0.1, 0.15) is 23.3 Å². The first-order valence-corrected chi connectivity index (χ1v) is 7.62. The summed E-state index contributed by atoms with van der Waals surface area (Å²) in [5.74, 6) is 0.0493. The Balaban J connectivity index is 2.39. The minimum atomic E-state index is -0.526. The van der Waals surface area contributed by atoms with Crippen molar-refractivity contribution < 1.29 is 4.39 Å². The van der Waals surface area contributed by atoms with Crippen LogP contribution in [0.15, 0.2) is 53.6 Å². The molecule has 0 bridgehead atoms. The van der Waals surface area contributed by atoms with Gasteiger partial charge in [0.15, 0.2) is 0 Å². The molecule has 24 heavy (non-hydrogen) atoms. The van der Waals surface area contributed by atoms with Crippen LogP contribution in [0.25, 0.3) is 17.1 Å². The van der Waals surface area contributed by atoms with E-state index in [2.05, 4.69) is 22.6 Å². The maximum atomic E-state index is 13.2. The summed E-state index contributed by atoms with van der Waals surface area (Å²) in [6.07, 6.45) is 3.17. The van der Waals surface area contributed by atoms with Crippen LogP contribution in [0, 0.1) is 17.1 Å². The monoisotopic (exact) mass is 338 g/mol. The lowest BCUT2D eigenvalue weighted by Crippen LogP contribution is -2.26. The van der Waals surface area contributed by atoms with Crippen molar-refractivity contribution in [3.63, 3.8) is 0 Å². The number of halogens is 1. The van der Waals surface area contributed by atoms with Gasteiger partial charge in [0.2, 0.25) is 0 Å². The van der Waals surface area contributed by atoms with Crippen molar-refractivity contribution in [3.05, 3.63) is 76.2 Å². The normalized spacial score (nSPS) is 10.4. The van der Waals surface area contributed by atoms with Crippen molar-refractivity contribution >= 4 is 12.6 Å². The molecule has 0 saturated carbocycles. The summed E-state index contributed by atoms with van der Waals surface area (Å²) in [4.78, 5) is 21.3. The van der Waals surface area contributed by atoms with Crippen LogP contribution in [0.2, 0.25) is 0 Å². The number of hydrogen-bond acceptors (Lipinski definition) is 5. The van der Waals surface area contributed by atoms with E-state index in [1.54, 1.807) is 24.5 Å². The van der Waals surface area contributed by atoms with Crippen LogP contribution in [0.4, 0.5) is 4.39 Å². The molecule has 0 spiro atoms. The summed E-state index contributed by atoms with van der Waals surface area (Å²) in [7, 11) is 0. The van der Waals surface area contributed by atoms with Crippen LogP contribution in [0.3, 0.4) is 0 Å². The molecule has 0 saturated heterocycles. The maximum absolute atomic E-state index is 13.2. The quantitative estimate of drug-likeness (QED) is 0.746. The predicted octanol–water partition coefficient (Wildman–Crippen LogP) is 2.74. The molecule has 0 radical (unpaired) electrons. The van der Waals surface area contributed by atoms with Crippen molar-refractivity contribution in [2.45, 2.75) is 5.75 Å². The summed E-state index contributed by atoms with van der Waals surface area (Å²) >= 11 is 4.15. The van der Waals surface area contributed by atoms with Crippen LogP contribution < -0.4 is 5.56 Å². The lowest BCUT2D eigenvalue weighted by molar-refractivity contribution is 0.627. The van der Waals surface area contributed by atoms with Crippen LogP contribution in [0.1, 0.15) is 11.3 Å². The van der Waals surface area contributed by atoms with Gasteiger partial charge in [-0.15, -0.1) is 0 Å². The molecule has 0 fully saturated rings. The summed E-state index contributed by atoms with van der Waals surface area (Å²) in [6.45, 7) is 0. The van der Waals surface area contributed by atoms with Crippen LogP contribution in [-0.4, -0.2) is 14.5 Å². The third-order valence-electron chi connectivity index (χ3n) is 3.42. The van der Waals surface area contributed by atoms with E-state index in [0.717, 1.165) is 0 Å². The molecule has 1 aromatic carbocycles. The first kappa shape index (κ1) is 15.9. The number of rotatable bonds is 3. The zero-order chi connectivity index (χ0) is 17.1. The van der Waals surface area contributed by atoms with E-state index in [9.17, 15) is 14.4 Å². The van der Waals surface area contributed by atoms with E-state index < -0.39 is 11.4 Å². The standard InChI is InChI=1S/C17H11FN4OS/c18-12-3-5-13(6-4-12)22-16(11-2-1-7-20-9-11)21-15(10-24)14(8-19)17(22)23/h1-7,9,24H,10H2. The number of nitrogens with zero attached hydrogens (tertiary/aromatic N) is 4. The number of hydrogen-bond donors (Lipinski definition) is 1. The first-order chi connectivity index (χ1) is 11.7. The van der Waals surface area contributed by atoms with E-state index in [-0.39, 0.29) is 11.3 Å². The molecule has 5 nitrogen and oxygen atoms in total. The second-order valence-electron chi connectivity index (χ2n) is 4.89. The highest BCUT2D eigenvalue weighted by Gasteiger charge is 2.18. The Hall–Kier alpha value is -2.98. The average Bonchev–Trinajstić information content (AvgIpc) is 2.62. The lowest BCUT2D eigenvalue weighted by atomic mass is 10.2. The number of benzene rings is 1. The second kappa shape index (κ2) is 6.64. The zero-order valence-electron chi connectivity index (χ0n) is 12.3. The molecule has 118 valence electrons. The number of thiol groups is 1. The van der Waals surface area contributed by atoms with Gasteiger partial charge in [0.25, 0.3) is 5.56 Å². The SMILES string of the molecule is N#Cc1c(CS)nc(-c2cccnc2)n(-c2ccc(F)cc2)c1=O. The minimum absolute atomic E-state index is 0.0815. The molecule has 2 heterocycles. The maximum Gasteiger partial charge on any atom is 0.276 e. The van der Waals surface area contributed by atoms with E-state index >= 15 is 0 Å². The van der Waals surface area contributed by atoms with Crippen molar-refractivity contribution in [1.82, 2.24) is 14.5 Å². The van der Waals surface area contributed by atoms with Gasteiger partial charge in [-0.3, -0.25) is 14.3 Å². The van der Waals surface area contributed by atoms with E-state index in [4.69, 9.17) is 0 Å². The molecule has 0 unspecified atom stereocenters. The van der Waals surface area contributed by atoms with Crippen molar-refractivity contribution in [2.75, 3.05) is 0 Å². The third kappa shape index (κ3) is 2.79. The highest BCUT2D eigenvalue weighted by Crippen LogP contribution is 2.21. The smallest absolute Gasteiger partial charge is 0.267 e. The number of pyridine rings is 1. The molecule has 0 aliphatic carbocycles. The summed E-state index contributed by atoms with van der Waals surface area (Å²) < 4.78 is 14.5. The highest BCUT2D eigenvalue weighted by molar-refractivity contribution is 7.79. The Morgan fingerprint density at radius 2 is 2.00 bits per heavy atom. The molecule has 0 N–H and O–H groups in total. The van der Waals surface area contributed by atoms with Crippen LogP contribution in [0.5, 0.6) is 0 Å². The fourth-order valence-electron chi connectivity index (χ4n) is 2.31. The Morgan fingerprint density at radius 3 is 2.58 bits per heavy atom. The molecule has 3 rings (SSSR count). The molecule has 7 heteroatoms. The molecule has 0 aliphatic heterocycles. The van der Waals surface area contributed by atoms with Gasteiger partial charge in [0.05, 0.1) is 11.4 Å². The lowest BCUT2D eigenvalue weighted by Gasteiger charge is -2.14. The molecular formula is C17H11FN4OS. The Morgan fingerprint density at radius 1 is 1.25 bits per heavy atom. The minimum Gasteiger partial charge on any atom is -0.267 e. The van der Waals surface area contributed by atoms with Gasteiger partial charge in [-0.1, -0.05) is 0 Å². The molecule has 2 aromatic heterocycles. The Bertz CT molecular complexity index is 978. The average molecular weight is 338 g/mol. The van der Waals surface area contributed by atoms with Gasteiger partial charge in [-0.05, 0) is 36.4 Å². The molecular weight excluding hydrogens is 327 g/mol. The Labute approximate surface area is 142 Å². The van der Waals surface area contributed by atoms with Gasteiger partial charge < -0.3 is 0 Å². The third-order valence-corrected chi connectivity index (χ3v) is 3.72.